The normalized spacial score (nSPS) is 18.8. The molecule has 0 aromatic carbocycles. The lowest BCUT2D eigenvalue weighted by atomic mass is 9.77. The topological polar surface area (TPSA) is 21.3 Å². The molecule has 0 bridgehead atoms. The molecule has 1 fully saturated rings. The predicted molar refractivity (Wildman–Crippen MR) is 69.8 cm³/mol. The molecule has 0 heterocycles. The van der Waals surface area contributed by atoms with Crippen LogP contribution in [0, 0.1) is 5.92 Å². The van der Waals surface area contributed by atoms with Gasteiger partial charge in [0.2, 0.25) is 0 Å². The van der Waals surface area contributed by atoms with E-state index in [1.165, 1.54) is 38.5 Å². The van der Waals surface area contributed by atoms with Crippen molar-refractivity contribution in [3.05, 3.63) is 0 Å². The van der Waals surface area contributed by atoms with Gasteiger partial charge < -0.3 is 10.1 Å². The van der Waals surface area contributed by atoms with Crippen LogP contribution < -0.4 is 5.32 Å². The van der Waals surface area contributed by atoms with Gasteiger partial charge in [0.15, 0.2) is 0 Å². The molecule has 1 N–H and O–H groups in total. The molecule has 0 spiro atoms. The van der Waals surface area contributed by atoms with Gasteiger partial charge in [0, 0.05) is 6.61 Å². The van der Waals surface area contributed by atoms with Crippen LogP contribution in [0.3, 0.4) is 0 Å². The number of hydrogen-bond acceptors (Lipinski definition) is 2. The first-order valence-corrected chi connectivity index (χ1v) is 7.03. The van der Waals surface area contributed by atoms with Gasteiger partial charge in [-0.15, -0.1) is 0 Å². The Morgan fingerprint density at radius 1 is 1.31 bits per heavy atom. The summed E-state index contributed by atoms with van der Waals surface area (Å²) in [6.07, 6.45) is 7.56. The highest BCUT2D eigenvalue weighted by atomic mass is 16.5. The standard InChI is InChI=1S/C14H29NO/c1-4-5-11-16-14(7-6-8-14)9-10-15-12-13(2)3/h13,15H,4-12H2,1-3H3. The first kappa shape index (κ1) is 14.0. The highest BCUT2D eigenvalue weighted by Crippen LogP contribution is 2.38. The Kier molecular flexibility index (Phi) is 6.37. The largest absolute Gasteiger partial charge is 0.375 e. The summed E-state index contributed by atoms with van der Waals surface area (Å²) in [5, 5.41) is 3.52. The molecule has 16 heavy (non-hydrogen) atoms. The van der Waals surface area contributed by atoms with Gasteiger partial charge in [-0.3, -0.25) is 0 Å². The minimum absolute atomic E-state index is 0.249. The van der Waals surface area contributed by atoms with E-state index in [1.807, 2.05) is 0 Å². The summed E-state index contributed by atoms with van der Waals surface area (Å²) in [6.45, 7) is 9.94. The number of nitrogens with one attached hydrogen (secondary N) is 1. The van der Waals surface area contributed by atoms with Crippen LogP contribution in [0.2, 0.25) is 0 Å². The van der Waals surface area contributed by atoms with Crippen LogP contribution in [-0.4, -0.2) is 25.3 Å². The van der Waals surface area contributed by atoms with Crippen LogP contribution >= 0.6 is 0 Å². The first-order valence-electron chi connectivity index (χ1n) is 7.03. The molecule has 0 saturated heterocycles. The van der Waals surface area contributed by atoms with Crippen LogP contribution in [0.1, 0.15) is 59.3 Å². The van der Waals surface area contributed by atoms with Gasteiger partial charge in [-0.05, 0) is 51.1 Å². The summed E-state index contributed by atoms with van der Waals surface area (Å²) in [5.41, 5.74) is 0.249. The molecule has 1 rings (SSSR count). The van der Waals surface area contributed by atoms with Gasteiger partial charge in [0.05, 0.1) is 5.60 Å². The summed E-state index contributed by atoms with van der Waals surface area (Å²) in [6, 6.07) is 0. The van der Waals surface area contributed by atoms with Gasteiger partial charge in [-0.25, -0.2) is 0 Å². The predicted octanol–water partition coefficient (Wildman–Crippen LogP) is 3.36. The second-order valence-electron chi connectivity index (χ2n) is 5.59. The van der Waals surface area contributed by atoms with Crippen LogP contribution in [0.5, 0.6) is 0 Å². The van der Waals surface area contributed by atoms with Crippen molar-refractivity contribution in [1.29, 1.82) is 0 Å². The molecular weight excluding hydrogens is 198 g/mol. The monoisotopic (exact) mass is 227 g/mol. The van der Waals surface area contributed by atoms with Crippen molar-refractivity contribution in [2.75, 3.05) is 19.7 Å². The fourth-order valence-electron chi connectivity index (χ4n) is 2.18. The molecule has 0 unspecified atom stereocenters. The third-order valence-corrected chi connectivity index (χ3v) is 3.48. The highest BCUT2D eigenvalue weighted by Gasteiger charge is 2.37. The first-order chi connectivity index (χ1) is 7.68. The van der Waals surface area contributed by atoms with E-state index in [9.17, 15) is 0 Å². The minimum Gasteiger partial charge on any atom is -0.375 e. The van der Waals surface area contributed by atoms with Crippen molar-refractivity contribution in [2.45, 2.75) is 64.9 Å². The molecule has 0 aliphatic heterocycles. The van der Waals surface area contributed by atoms with Crippen molar-refractivity contribution in [2.24, 2.45) is 5.92 Å². The summed E-state index contributed by atoms with van der Waals surface area (Å²) >= 11 is 0. The molecular formula is C14H29NO. The van der Waals surface area contributed by atoms with Crippen molar-refractivity contribution in [3.8, 4) is 0 Å². The van der Waals surface area contributed by atoms with E-state index in [2.05, 4.69) is 26.1 Å². The second-order valence-corrected chi connectivity index (χ2v) is 5.59. The fraction of sp³-hybridized carbons (Fsp3) is 1.00. The van der Waals surface area contributed by atoms with E-state index in [0.29, 0.717) is 0 Å². The number of hydrogen-bond donors (Lipinski definition) is 1. The van der Waals surface area contributed by atoms with Crippen LogP contribution in [0.15, 0.2) is 0 Å². The van der Waals surface area contributed by atoms with Crippen LogP contribution in [-0.2, 0) is 4.74 Å². The van der Waals surface area contributed by atoms with E-state index in [4.69, 9.17) is 4.74 Å². The van der Waals surface area contributed by atoms with E-state index >= 15 is 0 Å². The van der Waals surface area contributed by atoms with Gasteiger partial charge in [-0.1, -0.05) is 27.2 Å². The quantitative estimate of drug-likeness (QED) is 0.610. The minimum atomic E-state index is 0.249. The Hall–Kier alpha value is -0.0800. The Labute approximate surface area is 101 Å². The zero-order valence-corrected chi connectivity index (χ0v) is 11.3. The van der Waals surface area contributed by atoms with E-state index in [-0.39, 0.29) is 5.60 Å². The van der Waals surface area contributed by atoms with Gasteiger partial charge in [0.1, 0.15) is 0 Å². The highest BCUT2D eigenvalue weighted by molar-refractivity contribution is 4.90. The van der Waals surface area contributed by atoms with Gasteiger partial charge >= 0.3 is 0 Å². The molecule has 0 amide bonds. The van der Waals surface area contributed by atoms with E-state index in [1.54, 1.807) is 0 Å². The summed E-state index contributed by atoms with van der Waals surface area (Å²) < 4.78 is 6.07. The summed E-state index contributed by atoms with van der Waals surface area (Å²) in [4.78, 5) is 0. The molecule has 0 atom stereocenters. The molecule has 96 valence electrons. The molecule has 2 nitrogen and oxygen atoms in total. The molecule has 1 aliphatic rings. The van der Waals surface area contributed by atoms with Gasteiger partial charge in [-0.2, -0.15) is 0 Å². The third-order valence-electron chi connectivity index (χ3n) is 3.48. The van der Waals surface area contributed by atoms with Crippen molar-refractivity contribution in [1.82, 2.24) is 5.32 Å². The zero-order chi connectivity index (χ0) is 11.9. The maximum absolute atomic E-state index is 6.07. The number of ether oxygens (including phenoxy) is 1. The second kappa shape index (κ2) is 7.29. The summed E-state index contributed by atoms with van der Waals surface area (Å²) in [5.74, 6) is 0.748. The van der Waals surface area contributed by atoms with E-state index < -0.39 is 0 Å². The SMILES string of the molecule is CCCCOC1(CCNCC(C)C)CCC1. The van der Waals surface area contributed by atoms with Crippen molar-refractivity contribution < 1.29 is 4.74 Å². The smallest absolute Gasteiger partial charge is 0.0694 e. The lowest BCUT2D eigenvalue weighted by molar-refractivity contribution is -0.105. The Morgan fingerprint density at radius 2 is 2.06 bits per heavy atom. The molecule has 0 radical (unpaired) electrons. The Bertz CT molecular complexity index is 176. The van der Waals surface area contributed by atoms with Gasteiger partial charge in [0.25, 0.3) is 0 Å². The van der Waals surface area contributed by atoms with Crippen LogP contribution in [0.25, 0.3) is 0 Å². The lowest BCUT2D eigenvalue weighted by Crippen LogP contribution is -2.43. The Balaban J connectivity index is 2.10. The molecule has 2 heteroatoms. The average Bonchev–Trinajstić information content (AvgIpc) is 2.19. The van der Waals surface area contributed by atoms with Crippen LogP contribution in [0.4, 0.5) is 0 Å². The van der Waals surface area contributed by atoms with E-state index in [0.717, 1.165) is 25.6 Å². The molecule has 0 aromatic rings. The number of unbranched alkanes of at least 4 members (excludes halogenated alkanes) is 1. The molecule has 1 aliphatic carbocycles. The van der Waals surface area contributed by atoms with Crippen molar-refractivity contribution in [3.63, 3.8) is 0 Å². The average molecular weight is 227 g/mol. The molecule has 0 aromatic heterocycles. The summed E-state index contributed by atoms with van der Waals surface area (Å²) in [7, 11) is 0. The lowest BCUT2D eigenvalue weighted by Gasteiger charge is -2.42. The number of rotatable bonds is 9. The fourth-order valence-corrected chi connectivity index (χ4v) is 2.18. The van der Waals surface area contributed by atoms with Crippen molar-refractivity contribution >= 4 is 0 Å². The molecule has 1 saturated carbocycles. The maximum Gasteiger partial charge on any atom is 0.0694 e. The maximum atomic E-state index is 6.07. The Morgan fingerprint density at radius 3 is 2.56 bits per heavy atom. The third kappa shape index (κ3) is 4.84. The zero-order valence-electron chi connectivity index (χ0n) is 11.3.